The van der Waals surface area contributed by atoms with Gasteiger partial charge in [-0.05, 0) is 45.4 Å². The van der Waals surface area contributed by atoms with Crippen LogP contribution in [0.25, 0.3) is 0 Å². The van der Waals surface area contributed by atoms with Crippen molar-refractivity contribution in [3.05, 3.63) is 85.1 Å². The number of carbonyl (C=O) groups excluding carboxylic acids is 2. The molecule has 3 aliphatic heterocycles. The van der Waals surface area contributed by atoms with Gasteiger partial charge in [0.25, 0.3) is 0 Å². The van der Waals surface area contributed by atoms with Gasteiger partial charge in [0.15, 0.2) is 12.1 Å². The first-order valence-electron chi connectivity index (χ1n) is 24.9. The third-order valence-electron chi connectivity index (χ3n) is 13.6. The zero-order valence-electron chi connectivity index (χ0n) is 41.0. The Morgan fingerprint density at radius 2 is 1.29 bits per heavy atom. The monoisotopic (exact) mass is 991 g/mol. The van der Waals surface area contributed by atoms with Crippen molar-refractivity contribution in [3.63, 3.8) is 0 Å². The van der Waals surface area contributed by atoms with Crippen LogP contribution in [0.4, 0.5) is 0 Å². The molecule has 0 spiro atoms. The summed E-state index contributed by atoms with van der Waals surface area (Å²) in [5, 5.41) is 113. The molecule has 19 atom stereocenters. The summed E-state index contributed by atoms with van der Waals surface area (Å²) in [5.41, 5.74) is 6.11. The average Bonchev–Trinajstić information content (AvgIpc) is 4.12. The molecule has 1 aliphatic carbocycles. The van der Waals surface area contributed by atoms with E-state index >= 15 is 0 Å². The summed E-state index contributed by atoms with van der Waals surface area (Å²) in [6.07, 6.45) is 8.16. The van der Waals surface area contributed by atoms with Crippen molar-refractivity contribution in [1.29, 1.82) is 0 Å². The summed E-state index contributed by atoms with van der Waals surface area (Å²) in [7, 11) is 0. The lowest BCUT2D eigenvalue weighted by molar-refractivity contribution is -0.307. The predicted octanol–water partition coefficient (Wildman–Crippen LogP) is 1.54. The lowest BCUT2D eigenvalue weighted by Crippen LogP contribution is -2.62. The Kier molecular flexibility index (Phi) is 24.8. The number of nitrogens with one attached hydrogen (secondary N) is 1. The van der Waals surface area contributed by atoms with E-state index in [9.17, 15) is 60.7 Å². The predicted molar refractivity (Wildman–Crippen MR) is 260 cm³/mol. The fourth-order valence-electron chi connectivity index (χ4n) is 8.91. The molecular weight excluding hydrogens is 909 g/mol. The molecule has 0 aromatic carbocycles. The Morgan fingerprint density at radius 1 is 0.686 bits per heavy atom. The highest BCUT2D eigenvalue weighted by atomic mass is 16.7. The number of carbonyl (C=O) groups is 2. The largest absolute Gasteiger partial charge is 0.462 e. The van der Waals surface area contributed by atoms with Crippen LogP contribution in [0.2, 0.25) is 0 Å². The van der Waals surface area contributed by atoms with E-state index in [4.69, 9.17) is 24.7 Å². The first-order chi connectivity index (χ1) is 33.2. The van der Waals surface area contributed by atoms with Crippen molar-refractivity contribution in [3.8, 4) is 0 Å². The van der Waals surface area contributed by atoms with Gasteiger partial charge >= 0.3 is 5.97 Å². The number of aliphatic hydroxyl groups excluding tert-OH is 9. The summed E-state index contributed by atoms with van der Waals surface area (Å²) < 4.78 is 23.8. The zero-order chi connectivity index (χ0) is 51.5. The van der Waals surface area contributed by atoms with E-state index in [1.54, 1.807) is 63.3 Å². The Morgan fingerprint density at radius 3 is 1.90 bits per heavy atom. The van der Waals surface area contributed by atoms with Crippen molar-refractivity contribution in [2.45, 2.75) is 196 Å². The van der Waals surface area contributed by atoms with E-state index in [0.717, 1.165) is 19.3 Å². The van der Waals surface area contributed by atoms with E-state index < -0.39 is 147 Å². The number of fused-ring (bicyclic) bond motifs is 2. The van der Waals surface area contributed by atoms with Gasteiger partial charge in [-0.3, -0.25) is 9.59 Å². The van der Waals surface area contributed by atoms with Crippen LogP contribution in [0.5, 0.6) is 0 Å². The molecular formula is C52H82N2O16. The number of amides is 1. The number of nitrogens with two attached hydrogens (primary N) is 1. The van der Waals surface area contributed by atoms with Crippen LogP contribution in [0, 0.1) is 23.7 Å². The molecule has 3 fully saturated rings. The maximum atomic E-state index is 13.8. The number of allylic oxidation sites excluding steroid dienone is 12. The third kappa shape index (κ3) is 19.9. The summed E-state index contributed by atoms with van der Waals surface area (Å²) in [4.78, 5) is 26.5. The highest BCUT2D eigenvalue weighted by molar-refractivity contribution is 5.80. The number of cyclic esters (lactones) is 1. The summed E-state index contributed by atoms with van der Waals surface area (Å²) in [6.45, 7) is 7.18. The van der Waals surface area contributed by atoms with Crippen molar-refractivity contribution >= 4 is 11.9 Å². The van der Waals surface area contributed by atoms with Crippen molar-refractivity contribution in [2.24, 2.45) is 29.4 Å². The van der Waals surface area contributed by atoms with Gasteiger partial charge in [0, 0.05) is 44.1 Å². The standard InChI is InChI=1S/C52H82N2O16/c1-31-17-15-13-11-9-7-5-6-8-10-12-14-16-18-39(69-51-49(64)46(53)48(63)34(4)68-51)28-43-45(50(65)54-24-23-35-19-20-35)42(60)30-52(66,70-43)29-38(57)26-41(59)40(58)22-21-36(55)25-37(56)27-44(61)67-33(3)32(2)47(31)62/h5-18,31-43,45-49,51,55-60,62-64,66H,19-30,53H2,1-4H3,(H,54,65)/b6-5+,9-7+,10-8+,13-11+,14-12+,17-15+,18-16+/t31-,32-,33-,34+,36+,37+,38-,39-,40+,41+,42-,43-,45+,46-,47+,48+,49-,51-,52+/m0/s1. The van der Waals surface area contributed by atoms with E-state index in [-0.39, 0.29) is 31.6 Å². The van der Waals surface area contributed by atoms with E-state index in [0.29, 0.717) is 12.5 Å². The Labute approximate surface area is 412 Å². The molecule has 70 heavy (non-hydrogen) atoms. The van der Waals surface area contributed by atoms with Gasteiger partial charge in [-0.15, -0.1) is 0 Å². The molecule has 4 rings (SSSR count). The van der Waals surface area contributed by atoms with Crippen LogP contribution in [0.15, 0.2) is 85.1 Å². The minimum atomic E-state index is -2.24. The normalized spacial score (nSPS) is 44.1. The average molecular weight is 991 g/mol. The molecule has 18 heteroatoms. The molecule has 3 heterocycles. The summed E-state index contributed by atoms with van der Waals surface area (Å²) >= 11 is 0. The highest BCUT2D eigenvalue weighted by Gasteiger charge is 2.51. The quantitative estimate of drug-likeness (QED) is 0.168. The molecule has 1 amide bonds. The van der Waals surface area contributed by atoms with Gasteiger partial charge in [0.1, 0.15) is 12.2 Å². The molecule has 13 N–H and O–H groups in total. The van der Waals surface area contributed by atoms with Crippen LogP contribution >= 0.6 is 0 Å². The van der Waals surface area contributed by atoms with Gasteiger partial charge in [-0.1, -0.05) is 112 Å². The van der Waals surface area contributed by atoms with Crippen LogP contribution in [-0.2, 0) is 28.5 Å². The molecule has 0 aromatic rings. The summed E-state index contributed by atoms with van der Waals surface area (Å²) in [5.74, 6) is -4.92. The lowest BCUT2D eigenvalue weighted by atomic mass is 9.82. The van der Waals surface area contributed by atoms with Crippen molar-refractivity contribution < 1.29 is 79.6 Å². The smallest absolute Gasteiger partial charge is 0.308 e. The van der Waals surface area contributed by atoms with Crippen LogP contribution in [0.1, 0.15) is 98.3 Å². The zero-order valence-corrected chi connectivity index (χ0v) is 41.0. The minimum absolute atomic E-state index is 0.0858. The van der Waals surface area contributed by atoms with E-state index in [1.165, 1.54) is 0 Å². The Balaban J connectivity index is 1.58. The van der Waals surface area contributed by atoms with Gasteiger partial charge in [-0.25, -0.2) is 0 Å². The molecule has 2 bridgehead atoms. The second-order valence-corrected chi connectivity index (χ2v) is 19.8. The van der Waals surface area contributed by atoms with Crippen molar-refractivity contribution in [2.75, 3.05) is 6.54 Å². The molecule has 0 aromatic heterocycles. The fourth-order valence-corrected chi connectivity index (χ4v) is 8.91. The molecule has 4 aliphatic rings. The lowest BCUT2D eigenvalue weighted by Gasteiger charge is -2.46. The van der Waals surface area contributed by atoms with Gasteiger partial charge < -0.3 is 81.1 Å². The molecule has 396 valence electrons. The first kappa shape index (κ1) is 59.1. The Bertz CT molecular complexity index is 1800. The maximum absolute atomic E-state index is 13.8. The molecule has 0 radical (unpaired) electrons. The van der Waals surface area contributed by atoms with Crippen molar-refractivity contribution in [1.82, 2.24) is 5.32 Å². The number of hydrogen-bond acceptors (Lipinski definition) is 17. The number of hydrogen-bond donors (Lipinski definition) is 12. The molecule has 18 nitrogen and oxygen atoms in total. The maximum Gasteiger partial charge on any atom is 0.308 e. The second-order valence-electron chi connectivity index (χ2n) is 19.8. The highest BCUT2D eigenvalue weighted by Crippen LogP contribution is 2.39. The van der Waals surface area contributed by atoms with E-state index in [1.807, 2.05) is 49.5 Å². The Hall–Kier alpha value is -3.44. The van der Waals surface area contributed by atoms with E-state index in [2.05, 4.69) is 5.32 Å². The minimum Gasteiger partial charge on any atom is -0.462 e. The first-order valence-corrected chi connectivity index (χ1v) is 24.9. The topological polar surface area (TPSA) is 311 Å². The third-order valence-corrected chi connectivity index (χ3v) is 13.6. The SMILES string of the molecule is C[C@@H]1[C@H](O)[C@@H](C)/C=C/C=C/C=C/C=C/C=C/C=C/C=C/[C@H](O[C@@H]2O[C@H](C)[C@@H](O)[C@H](N)[C@@H]2O)C[C@@H]2O[C@](O)(C[C@@H](O)C[C@@H](O)[C@H](O)CC[C@@H](O)C[C@@H](O)CC(=O)O[C@H]1C)C[C@H](O)[C@H]2C(=O)NCCC1CC1. The number of aliphatic hydroxyl groups is 10. The molecule has 0 unspecified atom stereocenters. The fraction of sp³-hybridized carbons (Fsp3) is 0.692. The van der Waals surface area contributed by atoms with Gasteiger partial charge in [0.2, 0.25) is 5.91 Å². The number of ether oxygens (including phenoxy) is 4. The second kappa shape index (κ2) is 29.3. The van der Waals surface area contributed by atoms with Crippen LogP contribution in [0.3, 0.4) is 0 Å². The number of esters is 1. The van der Waals surface area contributed by atoms with Crippen LogP contribution < -0.4 is 11.1 Å². The van der Waals surface area contributed by atoms with Gasteiger partial charge in [0.05, 0.1) is 85.5 Å². The van der Waals surface area contributed by atoms with Gasteiger partial charge in [-0.2, -0.15) is 0 Å². The van der Waals surface area contributed by atoms with Crippen LogP contribution in [-0.4, -0.2) is 167 Å². The molecule has 2 saturated heterocycles. The number of rotatable bonds is 6. The molecule has 1 saturated carbocycles. The summed E-state index contributed by atoms with van der Waals surface area (Å²) in [6, 6.07) is -1.12.